The molecule has 1 amide bonds. The number of hydrogen-bond donors (Lipinski definition) is 1. The highest BCUT2D eigenvalue weighted by Gasteiger charge is 2.26. The molecule has 0 aliphatic carbocycles. The zero-order chi connectivity index (χ0) is 21.1. The van der Waals surface area contributed by atoms with E-state index in [-0.39, 0.29) is 17.0 Å². The van der Waals surface area contributed by atoms with Crippen LogP contribution in [0.5, 0.6) is 0 Å². The van der Waals surface area contributed by atoms with Crippen LogP contribution in [0.15, 0.2) is 56.7 Å². The summed E-state index contributed by atoms with van der Waals surface area (Å²) in [6.45, 7) is 0.693. The number of carbonyl (C=O) groups is 1. The molecule has 9 nitrogen and oxygen atoms in total. The summed E-state index contributed by atoms with van der Waals surface area (Å²) in [5, 5.41) is 2.60. The number of aromatic nitrogens is 2. The Kier molecular flexibility index (Phi) is 5.69. The first kappa shape index (κ1) is 20.3. The fraction of sp³-hybridized carbons (Fsp3) is 0.350. The van der Waals surface area contributed by atoms with Crippen molar-refractivity contribution < 1.29 is 17.6 Å². The zero-order valence-corrected chi connectivity index (χ0v) is 17.1. The van der Waals surface area contributed by atoms with Gasteiger partial charge in [-0.3, -0.25) is 9.36 Å². The summed E-state index contributed by atoms with van der Waals surface area (Å²) in [5.41, 5.74) is 0.479. The maximum atomic E-state index is 13.0. The van der Waals surface area contributed by atoms with Gasteiger partial charge in [0.1, 0.15) is 12.4 Å². The van der Waals surface area contributed by atoms with E-state index >= 15 is 0 Å². The zero-order valence-electron chi connectivity index (χ0n) is 16.3. The number of sulfonamides is 1. The van der Waals surface area contributed by atoms with Crippen molar-refractivity contribution >= 4 is 32.8 Å². The number of anilines is 1. The summed E-state index contributed by atoms with van der Waals surface area (Å²) in [4.78, 5) is 28.6. The average molecular weight is 430 g/mol. The van der Waals surface area contributed by atoms with Gasteiger partial charge in [0, 0.05) is 25.4 Å². The maximum Gasteiger partial charge on any atom is 0.420 e. The van der Waals surface area contributed by atoms with Crippen LogP contribution < -0.4 is 11.1 Å². The molecule has 10 heteroatoms. The lowest BCUT2D eigenvalue weighted by Gasteiger charge is -2.19. The number of nitrogens with zero attached hydrogens (tertiary/aromatic N) is 3. The van der Waals surface area contributed by atoms with Crippen molar-refractivity contribution in [2.45, 2.75) is 37.1 Å². The van der Waals surface area contributed by atoms with E-state index in [1.807, 2.05) is 0 Å². The molecule has 3 heterocycles. The fourth-order valence-electron chi connectivity index (χ4n) is 3.55. The Hall–Kier alpha value is -2.98. The van der Waals surface area contributed by atoms with E-state index in [1.165, 1.54) is 22.5 Å². The molecule has 0 unspecified atom stereocenters. The summed E-state index contributed by atoms with van der Waals surface area (Å²) in [6.07, 6.45) is 5.24. The minimum absolute atomic E-state index is 0.0794. The SMILES string of the molecule is O=C(Cn1c(=O)oc2cc(S(=O)(=O)N3CCCCCC3)ccc21)Nc1ccccn1. The molecule has 1 aliphatic heterocycles. The second kappa shape index (κ2) is 8.41. The highest BCUT2D eigenvalue weighted by atomic mass is 32.2. The Bertz CT molecular complexity index is 1210. The molecule has 0 saturated carbocycles. The van der Waals surface area contributed by atoms with Gasteiger partial charge in [0.2, 0.25) is 15.9 Å². The average Bonchev–Trinajstić information content (AvgIpc) is 2.91. The molecule has 0 radical (unpaired) electrons. The topological polar surface area (TPSA) is 115 Å². The molecule has 158 valence electrons. The van der Waals surface area contributed by atoms with Crippen LogP contribution in [0.1, 0.15) is 25.7 Å². The van der Waals surface area contributed by atoms with E-state index in [2.05, 4.69) is 10.3 Å². The van der Waals surface area contributed by atoms with E-state index in [9.17, 15) is 18.0 Å². The van der Waals surface area contributed by atoms with Crippen LogP contribution in [-0.4, -0.2) is 41.3 Å². The molecule has 1 saturated heterocycles. The van der Waals surface area contributed by atoms with Gasteiger partial charge in [-0.15, -0.1) is 0 Å². The predicted molar refractivity (Wildman–Crippen MR) is 111 cm³/mol. The van der Waals surface area contributed by atoms with Gasteiger partial charge in [0.05, 0.1) is 10.4 Å². The van der Waals surface area contributed by atoms with Gasteiger partial charge in [-0.2, -0.15) is 4.31 Å². The third-order valence-corrected chi connectivity index (χ3v) is 6.97. The largest absolute Gasteiger partial charge is 0.420 e. The molecule has 3 aromatic rings. The number of pyridine rings is 1. The number of oxazole rings is 1. The summed E-state index contributed by atoms with van der Waals surface area (Å²) in [7, 11) is -3.67. The molecule has 2 aromatic heterocycles. The Labute approximate surface area is 173 Å². The molecule has 0 bridgehead atoms. The van der Waals surface area contributed by atoms with Gasteiger partial charge >= 0.3 is 5.76 Å². The Balaban J connectivity index is 1.59. The molecule has 0 atom stereocenters. The van der Waals surface area contributed by atoms with Crippen molar-refractivity contribution in [3.8, 4) is 0 Å². The van der Waals surface area contributed by atoms with Crippen molar-refractivity contribution in [1.29, 1.82) is 0 Å². The second-order valence-corrected chi connectivity index (χ2v) is 9.10. The van der Waals surface area contributed by atoms with Crippen LogP contribution in [0.3, 0.4) is 0 Å². The lowest BCUT2D eigenvalue weighted by atomic mass is 10.2. The summed E-state index contributed by atoms with van der Waals surface area (Å²) in [6, 6.07) is 9.39. The smallest absolute Gasteiger partial charge is 0.408 e. The molecule has 0 spiro atoms. The minimum Gasteiger partial charge on any atom is -0.408 e. The van der Waals surface area contributed by atoms with Crippen molar-refractivity contribution in [2.75, 3.05) is 18.4 Å². The van der Waals surface area contributed by atoms with Crippen LogP contribution in [0.2, 0.25) is 0 Å². The van der Waals surface area contributed by atoms with Gasteiger partial charge in [-0.25, -0.2) is 18.2 Å². The first-order chi connectivity index (χ1) is 14.4. The lowest BCUT2D eigenvalue weighted by Crippen LogP contribution is -2.31. The molecule has 1 aliphatic rings. The third kappa shape index (κ3) is 4.14. The highest BCUT2D eigenvalue weighted by molar-refractivity contribution is 7.89. The summed E-state index contributed by atoms with van der Waals surface area (Å²) < 4.78 is 33.8. The number of amides is 1. The molecular formula is C20H22N4O5S. The first-order valence-corrected chi connectivity index (χ1v) is 11.2. The number of benzene rings is 1. The number of rotatable bonds is 5. The monoisotopic (exact) mass is 430 g/mol. The molecule has 1 N–H and O–H groups in total. The quantitative estimate of drug-likeness (QED) is 0.664. The predicted octanol–water partition coefficient (Wildman–Crippen LogP) is 2.19. The van der Waals surface area contributed by atoms with Crippen LogP contribution in [0.25, 0.3) is 11.1 Å². The van der Waals surface area contributed by atoms with E-state index < -0.39 is 21.7 Å². The third-order valence-electron chi connectivity index (χ3n) is 5.08. The van der Waals surface area contributed by atoms with E-state index in [0.29, 0.717) is 24.4 Å². The summed E-state index contributed by atoms with van der Waals surface area (Å²) >= 11 is 0. The number of carbonyl (C=O) groups excluding carboxylic acids is 1. The molecular weight excluding hydrogens is 408 g/mol. The standard InChI is InChI=1S/C20H22N4O5S/c25-19(22-18-7-3-4-10-21-18)14-24-16-9-8-15(13-17(16)29-20(24)26)30(27,28)23-11-5-1-2-6-12-23/h3-4,7-10,13H,1-2,5-6,11-12,14H2,(H,21,22,25). The van der Waals surface area contributed by atoms with Crippen LogP contribution in [0.4, 0.5) is 5.82 Å². The van der Waals surface area contributed by atoms with Gasteiger partial charge in [-0.1, -0.05) is 18.9 Å². The Morgan fingerprint density at radius 2 is 1.87 bits per heavy atom. The minimum atomic E-state index is -3.67. The molecule has 4 rings (SSSR count). The van der Waals surface area contributed by atoms with Crippen LogP contribution in [0, 0.1) is 0 Å². The normalized spacial score (nSPS) is 15.7. The second-order valence-electron chi connectivity index (χ2n) is 7.17. The molecule has 1 aromatic carbocycles. The van der Waals surface area contributed by atoms with E-state index in [1.54, 1.807) is 24.4 Å². The number of fused-ring (bicyclic) bond motifs is 1. The van der Waals surface area contributed by atoms with Gasteiger partial charge < -0.3 is 9.73 Å². The van der Waals surface area contributed by atoms with Gasteiger partial charge in [0.15, 0.2) is 5.58 Å². The Morgan fingerprint density at radius 1 is 1.10 bits per heavy atom. The van der Waals surface area contributed by atoms with Crippen molar-refractivity contribution in [3.63, 3.8) is 0 Å². The number of hydrogen-bond acceptors (Lipinski definition) is 6. The summed E-state index contributed by atoms with van der Waals surface area (Å²) in [5.74, 6) is -0.806. The molecule has 30 heavy (non-hydrogen) atoms. The van der Waals surface area contributed by atoms with E-state index in [4.69, 9.17) is 4.42 Å². The van der Waals surface area contributed by atoms with Crippen molar-refractivity contribution in [1.82, 2.24) is 13.9 Å². The van der Waals surface area contributed by atoms with Crippen molar-refractivity contribution in [2.24, 2.45) is 0 Å². The Morgan fingerprint density at radius 3 is 2.57 bits per heavy atom. The first-order valence-electron chi connectivity index (χ1n) is 9.79. The van der Waals surface area contributed by atoms with Crippen molar-refractivity contribution in [3.05, 3.63) is 53.1 Å². The number of nitrogens with one attached hydrogen (secondary N) is 1. The van der Waals surface area contributed by atoms with Crippen LogP contribution >= 0.6 is 0 Å². The fourth-order valence-corrected chi connectivity index (χ4v) is 5.08. The van der Waals surface area contributed by atoms with Gasteiger partial charge in [0.25, 0.3) is 0 Å². The molecule has 1 fully saturated rings. The van der Waals surface area contributed by atoms with E-state index in [0.717, 1.165) is 30.3 Å². The lowest BCUT2D eigenvalue weighted by molar-refractivity contribution is -0.116. The maximum absolute atomic E-state index is 13.0. The van der Waals surface area contributed by atoms with Crippen LogP contribution in [-0.2, 0) is 21.4 Å². The van der Waals surface area contributed by atoms with Gasteiger partial charge in [-0.05, 0) is 37.1 Å². The highest BCUT2D eigenvalue weighted by Crippen LogP contribution is 2.24.